The van der Waals surface area contributed by atoms with E-state index in [9.17, 15) is 8.42 Å². The van der Waals surface area contributed by atoms with E-state index in [0.29, 0.717) is 25.0 Å². The van der Waals surface area contributed by atoms with Crippen molar-refractivity contribution < 1.29 is 8.42 Å². The zero-order chi connectivity index (χ0) is 14.2. The van der Waals surface area contributed by atoms with E-state index in [4.69, 9.17) is 0 Å². The third-order valence-electron chi connectivity index (χ3n) is 4.73. The molecule has 112 valence electrons. The molecule has 4 nitrogen and oxygen atoms in total. The maximum absolute atomic E-state index is 12.8. The lowest BCUT2D eigenvalue weighted by molar-refractivity contribution is 0.217. The smallest absolute Gasteiger partial charge is 0.218 e. The molecule has 2 heterocycles. The molecule has 0 aliphatic carbocycles. The first kappa shape index (κ1) is 15.3. The molecule has 2 aliphatic rings. The second-order valence-electron chi connectivity index (χ2n) is 6.63. The number of nitrogens with zero attached hydrogens (tertiary/aromatic N) is 2. The summed E-state index contributed by atoms with van der Waals surface area (Å²) in [7, 11) is -3.11. The van der Waals surface area contributed by atoms with Crippen LogP contribution in [0.4, 0.5) is 0 Å². The number of likely N-dealkylation sites (tertiary alicyclic amines) is 1. The van der Waals surface area contributed by atoms with Gasteiger partial charge in [-0.15, -0.1) is 0 Å². The zero-order valence-corrected chi connectivity index (χ0v) is 13.5. The van der Waals surface area contributed by atoms with Crippen molar-refractivity contribution in [3.63, 3.8) is 0 Å². The molecular formula is C14H28N2O2S. The van der Waals surface area contributed by atoms with Gasteiger partial charge in [0.1, 0.15) is 0 Å². The highest BCUT2D eigenvalue weighted by molar-refractivity contribution is 7.89. The van der Waals surface area contributed by atoms with E-state index in [1.165, 1.54) is 0 Å². The highest BCUT2D eigenvalue weighted by Gasteiger charge is 2.40. The highest BCUT2D eigenvalue weighted by atomic mass is 32.2. The summed E-state index contributed by atoms with van der Waals surface area (Å²) < 4.78 is 27.3. The van der Waals surface area contributed by atoms with Gasteiger partial charge in [-0.2, -0.15) is 4.31 Å². The van der Waals surface area contributed by atoms with Crippen molar-refractivity contribution in [2.75, 3.05) is 19.6 Å². The molecule has 2 saturated heterocycles. The Balaban J connectivity index is 2.06. The molecule has 0 N–H and O–H groups in total. The first-order valence-corrected chi connectivity index (χ1v) is 9.07. The lowest BCUT2D eigenvalue weighted by Crippen LogP contribution is -2.48. The SMILES string of the molecule is CC1CCN(S(=O)(=O)C2CCN(C(C)C)C2)C(C)C1. The maximum Gasteiger partial charge on any atom is 0.218 e. The van der Waals surface area contributed by atoms with Crippen LogP contribution in [0.25, 0.3) is 0 Å². The molecule has 0 bridgehead atoms. The molecule has 0 amide bonds. The van der Waals surface area contributed by atoms with E-state index in [1.54, 1.807) is 4.31 Å². The van der Waals surface area contributed by atoms with Gasteiger partial charge in [0.2, 0.25) is 10.0 Å². The Bertz CT molecular complexity index is 408. The average molecular weight is 288 g/mol. The van der Waals surface area contributed by atoms with Gasteiger partial charge in [-0.1, -0.05) is 6.92 Å². The number of piperidine rings is 1. The van der Waals surface area contributed by atoms with Crippen molar-refractivity contribution in [1.29, 1.82) is 0 Å². The summed E-state index contributed by atoms with van der Waals surface area (Å²) in [6.07, 6.45) is 2.79. The lowest BCUT2D eigenvalue weighted by atomic mass is 9.95. The predicted molar refractivity (Wildman–Crippen MR) is 78.6 cm³/mol. The van der Waals surface area contributed by atoms with Crippen LogP contribution >= 0.6 is 0 Å². The van der Waals surface area contributed by atoms with Gasteiger partial charge in [0.15, 0.2) is 0 Å². The largest absolute Gasteiger partial charge is 0.300 e. The van der Waals surface area contributed by atoms with Gasteiger partial charge < -0.3 is 0 Å². The molecule has 0 radical (unpaired) electrons. The summed E-state index contributed by atoms with van der Waals surface area (Å²) >= 11 is 0. The number of hydrogen-bond acceptors (Lipinski definition) is 3. The Morgan fingerprint density at radius 3 is 2.32 bits per heavy atom. The summed E-state index contributed by atoms with van der Waals surface area (Å²) in [5, 5.41) is -0.189. The monoisotopic (exact) mass is 288 g/mol. The average Bonchev–Trinajstić information content (AvgIpc) is 2.78. The third kappa shape index (κ3) is 3.14. The molecule has 3 atom stereocenters. The van der Waals surface area contributed by atoms with Crippen LogP contribution < -0.4 is 0 Å². The number of sulfonamides is 1. The molecule has 5 heteroatoms. The molecule has 3 unspecified atom stereocenters. The van der Waals surface area contributed by atoms with E-state index in [-0.39, 0.29) is 11.3 Å². The Labute approximate surface area is 118 Å². The van der Waals surface area contributed by atoms with Crippen LogP contribution in [0.15, 0.2) is 0 Å². The predicted octanol–water partition coefficient (Wildman–Crippen LogP) is 1.92. The number of hydrogen-bond donors (Lipinski definition) is 0. The van der Waals surface area contributed by atoms with Crippen molar-refractivity contribution >= 4 is 10.0 Å². The van der Waals surface area contributed by atoms with Gasteiger partial charge in [-0.25, -0.2) is 8.42 Å². The fourth-order valence-corrected chi connectivity index (χ4v) is 5.54. The molecule has 2 aliphatic heterocycles. The van der Waals surface area contributed by atoms with Gasteiger partial charge in [0.05, 0.1) is 5.25 Å². The molecular weight excluding hydrogens is 260 g/mol. The van der Waals surface area contributed by atoms with E-state index in [1.807, 2.05) is 0 Å². The van der Waals surface area contributed by atoms with E-state index in [0.717, 1.165) is 25.8 Å². The van der Waals surface area contributed by atoms with E-state index >= 15 is 0 Å². The van der Waals surface area contributed by atoms with E-state index < -0.39 is 10.0 Å². The minimum Gasteiger partial charge on any atom is -0.300 e. The first-order chi connectivity index (χ1) is 8.82. The fourth-order valence-electron chi connectivity index (χ4n) is 3.42. The standard InChI is InChI=1S/C14H28N2O2S/c1-11(2)15-7-6-14(10-15)19(17,18)16-8-5-12(3)9-13(16)4/h11-14H,5-10H2,1-4H3. The normalized spacial score (nSPS) is 35.1. The van der Waals surface area contributed by atoms with Gasteiger partial charge in [0, 0.05) is 25.2 Å². The maximum atomic E-state index is 12.8. The minimum atomic E-state index is -3.11. The van der Waals surface area contributed by atoms with Gasteiger partial charge in [-0.3, -0.25) is 4.90 Å². The Kier molecular flexibility index (Phi) is 4.58. The molecule has 19 heavy (non-hydrogen) atoms. The summed E-state index contributed by atoms with van der Waals surface area (Å²) in [5.41, 5.74) is 0. The summed E-state index contributed by atoms with van der Waals surface area (Å²) in [4.78, 5) is 2.28. The first-order valence-electron chi connectivity index (χ1n) is 7.57. The van der Waals surface area contributed by atoms with Crippen LogP contribution in [0.1, 0.15) is 47.0 Å². The Morgan fingerprint density at radius 2 is 1.79 bits per heavy atom. The third-order valence-corrected chi connectivity index (χ3v) is 7.16. The molecule has 2 rings (SSSR count). The molecule has 0 aromatic carbocycles. The van der Waals surface area contributed by atoms with Crippen molar-refractivity contribution in [3.05, 3.63) is 0 Å². The number of rotatable bonds is 3. The van der Waals surface area contributed by atoms with Gasteiger partial charge >= 0.3 is 0 Å². The van der Waals surface area contributed by atoms with Crippen LogP contribution in [-0.2, 0) is 10.0 Å². The second kappa shape index (κ2) is 5.70. The van der Waals surface area contributed by atoms with Crippen LogP contribution in [0.5, 0.6) is 0 Å². The van der Waals surface area contributed by atoms with Crippen LogP contribution in [0.2, 0.25) is 0 Å². The van der Waals surface area contributed by atoms with Crippen molar-refractivity contribution in [3.8, 4) is 0 Å². The lowest BCUT2D eigenvalue weighted by Gasteiger charge is -2.37. The van der Waals surface area contributed by atoms with Gasteiger partial charge in [-0.05, 0) is 52.5 Å². The fraction of sp³-hybridized carbons (Fsp3) is 1.00. The summed E-state index contributed by atoms with van der Waals surface area (Å²) in [5.74, 6) is 0.650. The Morgan fingerprint density at radius 1 is 1.11 bits per heavy atom. The molecule has 0 saturated carbocycles. The van der Waals surface area contributed by atoms with Crippen LogP contribution in [0, 0.1) is 5.92 Å². The van der Waals surface area contributed by atoms with Crippen molar-refractivity contribution in [1.82, 2.24) is 9.21 Å². The van der Waals surface area contributed by atoms with Crippen LogP contribution in [-0.4, -0.2) is 54.6 Å². The van der Waals surface area contributed by atoms with Gasteiger partial charge in [0.25, 0.3) is 0 Å². The van der Waals surface area contributed by atoms with E-state index in [2.05, 4.69) is 32.6 Å². The molecule has 0 aromatic heterocycles. The van der Waals surface area contributed by atoms with Crippen molar-refractivity contribution in [2.45, 2.75) is 64.3 Å². The quantitative estimate of drug-likeness (QED) is 0.796. The Hall–Kier alpha value is -0.130. The summed E-state index contributed by atoms with van der Waals surface area (Å²) in [6, 6.07) is 0.612. The molecule has 0 aromatic rings. The second-order valence-corrected chi connectivity index (χ2v) is 8.80. The highest BCUT2D eigenvalue weighted by Crippen LogP contribution is 2.29. The van der Waals surface area contributed by atoms with Crippen LogP contribution in [0.3, 0.4) is 0 Å². The topological polar surface area (TPSA) is 40.6 Å². The van der Waals surface area contributed by atoms with Crippen molar-refractivity contribution in [2.24, 2.45) is 5.92 Å². The molecule has 0 spiro atoms. The zero-order valence-electron chi connectivity index (χ0n) is 12.7. The molecule has 2 fully saturated rings. The minimum absolute atomic E-state index is 0.168. The summed E-state index contributed by atoms with van der Waals surface area (Å²) in [6.45, 7) is 10.9.